The van der Waals surface area contributed by atoms with Gasteiger partial charge in [0.25, 0.3) is 5.91 Å². The fraction of sp³-hybridized carbons (Fsp3) is 0.333. The van der Waals surface area contributed by atoms with Gasteiger partial charge in [-0.1, -0.05) is 56.3 Å². The molecule has 0 aliphatic carbocycles. The van der Waals surface area contributed by atoms with Crippen molar-refractivity contribution in [3.05, 3.63) is 60.2 Å². The molecule has 0 bridgehead atoms. The van der Waals surface area contributed by atoms with E-state index in [1.165, 1.54) is 0 Å². The van der Waals surface area contributed by atoms with Crippen molar-refractivity contribution < 1.29 is 4.79 Å². The van der Waals surface area contributed by atoms with Crippen molar-refractivity contribution in [1.82, 2.24) is 15.5 Å². The summed E-state index contributed by atoms with van der Waals surface area (Å²) in [5.41, 5.74) is 2.84. The number of carbonyl (C=O) groups is 1. The number of hydrogen-bond donors (Lipinski definition) is 2. The highest BCUT2D eigenvalue weighted by Crippen LogP contribution is 2.19. The van der Waals surface area contributed by atoms with Crippen LogP contribution in [0.3, 0.4) is 0 Å². The van der Waals surface area contributed by atoms with Gasteiger partial charge in [-0.2, -0.15) is 0 Å². The van der Waals surface area contributed by atoms with Crippen LogP contribution in [-0.2, 0) is 0 Å². The van der Waals surface area contributed by atoms with Crippen LogP contribution in [0.25, 0.3) is 11.1 Å². The Hall–Kier alpha value is -2.24. The molecule has 0 atom stereocenters. The maximum atomic E-state index is 12.4. The normalized spacial score (nSPS) is 11.3. The molecule has 2 N–H and O–H groups in total. The van der Waals surface area contributed by atoms with E-state index in [4.69, 9.17) is 12.2 Å². The molecule has 0 fully saturated rings. The number of hydrogen-bond acceptors (Lipinski definition) is 3. The zero-order valence-electron chi connectivity index (χ0n) is 15.9. The first-order chi connectivity index (χ1) is 12.3. The second-order valence-electron chi connectivity index (χ2n) is 7.48. The van der Waals surface area contributed by atoms with Crippen LogP contribution in [0.1, 0.15) is 24.2 Å². The Morgan fingerprint density at radius 3 is 2.15 bits per heavy atom. The molecule has 0 radical (unpaired) electrons. The van der Waals surface area contributed by atoms with E-state index in [0.717, 1.165) is 17.7 Å². The summed E-state index contributed by atoms with van der Waals surface area (Å²) in [7, 11) is 4.09. The third-order valence-electron chi connectivity index (χ3n) is 3.95. The summed E-state index contributed by atoms with van der Waals surface area (Å²) in [4.78, 5) is 14.5. The van der Waals surface area contributed by atoms with Gasteiger partial charge in [0.15, 0.2) is 5.11 Å². The molecule has 2 rings (SSSR count). The number of benzene rings is 2. The summed E-state index contributed by atoms with van der Waals surface area (Å²) in [5, 5.41) is 6.24. The van der Waals surface area contributed by atoms with E-state index in [9.17, 15) is 4.79 Å². The van der Waals surface area contributed by atoms with Gasteiger partial charge in [0.2, 0.25) is 0 Å². The Morgan fingerprint density at radius 1 is 1.00 bits per heavy atom. The first-order valence-corrected chi connectivity index (χ1v) is 9.07. The summed E-state index contributed by atoms with van der Waals surface area (Å²) < 4.78 is 0. The van der Waals surface area contributed by atoms with Gasteiger partial charge in [0.1, 0.15) is 0 Å². The lowest BCUT2D eigenvalue weighted by molar-refractivity contribution is 0.0976. The van der Waals surface area contributed by atoms with Crippen molar-refractivity contribution in [2.45, 2.75) is 13.8 Å². The molecule has 0 unspecified atom stereocenters. The average molecular weight is 370 g/mol. The van der Waals surface area contributed by atoms with Gasteiger partial charge in [-0.25, -0.2) is 0 Å². The summed E-state index contributed by atoms with van der Waals surface area (Å²) in [5.74, 6) is -0.201. The lowest BCUT2D eigenvalue weighted by Crippen LogP contribution is -2.45. The number of nitrogens with one attached hydrogen (secondary N) is 2. The van der Waals surface area contributed by atoms with Crippen molar-refractivity contribution in [2.24, 2.45) is 5.41 Å². The minimum atomic E-state index is -0.201. The summed E-state index contributed by atoms with van der Waals surface area (Å²) in [6, 6.07) is 17.6. The smallest absolute Gasteiger partial charge is 0.257 e. The largest absolute Gasteiger partial charge is 0.362 e. The number of thiocarbonyl (C=S) groups is 1. The second kappa shape index (κ2) is 8.92. The van der Waals surface area contributed by atoms with Gasteiger partial charge < -0.3 is 10.2 Å². The zero-order chi connectivity index (χ0) is 19.2. The Labute approximate surface area is 161 Å². The third-order valence-corrected chi connectivity index (χ3v) is 4.20. The Balaban J connectivity index is 1.90. The Kier molecular flexibility index (Phi) is 6.89. The van der Waals surface area contributed by atoms with Gasteiger partial charge in [-0.05, 0) is 55.0 Å². The van der Waals surface area contributed by atoms with Crippen LogP contribution in [0.5, 0.6) is 0 Å². The van der Waals surface area contributed by atoms with Crippen LogP contribution in [0.4, 0.5) is 0 Å². The lowest BCUT2D eigenvalue weighted by atomic mass is 9.93. The number of rotatable bonds is 6. The van der Waals surface area contributed by atoms with Gasteiger partial charge in [0.05, 0.1) is 0 Å². The molecule has 0 heterocycles. The van der Waals surface area contributed by atoms with Gasteiger partial charge in [-0.3, -0.25) is 10.1 Å². The molecule has 2 aromatic rings. The first kappa shape index (κ1) is 20.1. The van der Waals surface area contributed by atoms with Crippen LogP contribution in [0, 0.1) is 5.41 Å². The molecule has 0 spiro atoms. The Bertz CT molecular complexity index is 740. The van der Waals surface area contributed by atoms with Crippen molar-refractivity contribution in [3.8, 4) is 11.1 Å². The van der Waals surface area contributed by atoms with E-state index in [1.807, 2.05) is 68.7 Å². The SMILES string of the molecule is CN(C)CC(C)(C)CNC(=S)NC(=O)c1ccc(-c2ccccc2)cc1. The predicted molar refractivity (Wildman–Crippen MR) is 112 cm³/mol. The first-order valence-electron chi connectivity index (χ1n) is 8.66. The van der Waals surface area contributed by atoms with Gasteiger partial charge >= 0.3 is 0 Å². The molecule has 138 valence electrons. The van der Waals surface area contributed by atoms with Gasteiger partial charge in [0, 0.05) is 18.7 Å². The van der Waals surface area contributed by atoms with E-state index in [2.05, 4.69) is 29.4 Å². The molecule has 0 aliphatic heterocycles. The van der Waals surface area contributed by atoms with Crippen molar-refractivity contribution in [2.75, 3.05) is 27.2 Å². The second-order valence-corrected chi connectivity index (χ2v) is 7.89. The fourth-order valence-electron chi connectivity index (χ4n) is 2.90. The highest BCUT2D eigenvalue weighted by Gasteiger charge is 2.19. The number of nitrogens with zero attached hydrogens (tertiary/aromatic N) is 1. The molecule has 4 nitrogen and oxygen atoms in total. The minimum absolute atomic E-state index is 0.0512. The third kappa shape index (κ3) is 6.24. The summed E-state index contributed by atoms with van der Waals surface area (Å²) >= 11 is 5.26. The molecule has 0 saturated carbocycles. The van der Waals surface area contributed by atoms with E-state index in [1.54, 1.807) is 0 Å². The molecule has 2 aromatic carbocycles. The highest BCUT2D eigenvalue weighted by molar-refractivity contribution is 7.80. The van der Waals surface area contributed by atoms with Crippen molar-refractivity contribution in [1.29, 1.82) is 0 Å². The molecular weight excluding hydrogens is 342 g/mol. The topological polar surface area (TPSA) is 44.4 Å². The van der Waals surface area contributed by atoms with Crippen LogP contribution >= 0.6 is 12.2 Å². The molecule has 0 saturated heterocycles. The predicted octanol–water partition coefficient (Wildman–Crippen LogP) is 3.55. The molecule has 0 aliphatic rings. The Morgan fingerprint density at radius 2 is 1.58 bits per heavy atom. The van der Waals surface area contributed by atoms with Crippen molar-refractivity contribution in [3.63, 3.8) is 0 Å². The van der Waals surface area contributed by atoms with Crippen LogP contribution in [0.2, 0.25) is 0 Å². The fourth-order valence-corrected chi connectivity index (χ4v) is 3.06. The van der Waals surface area contributed by atoms with E-state index < -0.39 is 0 Å². The zero-order valence-corrected chi connectivity index (χ0v) is 16.7. The molecular formula is C21H27N3OS. The summed E-state index contributed by atoms with van der Waals surface area (Å²) in [6.45, 7) is 5.94. The molecule has 5 heteroatoms. The number of amides is 1. The monoisotopic (exact) mass is 369 g/mol. The minimum Gasteiger partial charge on any atom is -0.362 e. The van der Waals surface area contributed by atoms with Crippen LogP contribution in [0.15, 0.2) is 54.6 Å². The van der Waals surface area contributed by atoms with E-state index >= 15 is 0 Å². The molecule has 1 amide bonds. The van der Waals surface area contributed by atoms with E-state index in [-0.39, 0.29) is 11.3 Å². The maximum Gasteiger partial charge on any atom is 0.257 e. The lowest BCUT2D eigenvalue weighted by Gasteiger charge is -2.28. The highest BCUT2D eigenvalue weighted by atomic mass is 32.1. The van der Waals surface area contributed by atoms with Crippen LogP contribution in [-0.4, -0.2) is 43.1 Å². The van der Waals surface area contributed by atoms with Crippen molar-refractivity contribution >= 4 is 23.2 Å². The molecule has 0 aromatic heterocycles. The molecule has 26 heavy (non-hydrogen) atoms. The summed E-state index contributed by atoms with van der Waals surface area (Å²) in [6.07, 6.45) is 0. The van der Waals surface area contributed by atoms with E-state index in [0.29, 0.717) is 17.2 Å². The standard InChI is InChI=1S/C21H27N3OS/c1-21(2,15-24(3)4)14-22-20(26)23-19(25)18-12-10-17(11-13-18)16-8-6-5-7-9-16/h5-13H,14-15H2,1-4H3,(H2,22,23,25,26). The van der Waals surface area contributed by atoms with Gasteiger partial charge in [-0.15, -0.1) is 0 Å². The van der Waals surface area contributed by atoms with Crippen LogP contribution < -0.4 is 10.6 Å². The number of carbonyl (C=O) groups excluding carboxylic acids is 1. The quantitative estimate of drug-likeness (QED) is 0.765. The average Bonchev–Trinajstić information content (AvgIpc) is 2.60. The maximum absolute atomic E-state index is 12.4.